The zero-order chi connectivity index (χ0) is 22.9. The number of rotatable bonds is 7. The predicted octanol–water partition coefficient (Wildman–Crippen LogP) is 4.30. The minimum absolute atomic E-state index is 0. The Kier molecular flexibility index (Phi) is 7.73. The smallest absolute Gasteiger partial charge is 0.265 e. The summed E-state index contributed by atoms with van der Waals surface area (Å²) in [7, 11) is -4.02. The molecule has 7 nitrogen and oxygen atoms in total. The van der Waals surface area contributed by atoms with E-state index in [1.165, 1.54) is 17.7 Å². The Morgan fingerprint density at radius 1 is 1.03 bits per heavy atom. The average Bonchev–Trinajstić information content (AvgIpc) is 3.65. The quantitative estimate of drug-likeness (QED) is 0.440. The van der Waals surface area contributed by atoms with E-state index in [0.29, 0.717) is 36.5 Å². The van der Waals surface area contributed by atoms with Gasteiger partial charge in [-0.2, -0.15) is 0 Å². The van der Waals surface area contributed by atoms with E-state index in [-0.39, 0.29) is 30.1 Å². The number of piperidine rings is 1. The molecule has 0 radical (unpaired) electrons. The highest BCUT2D eigenvalue weighted by molar-refractivity contribution is 7.93. The predicted molar refractivity (Wildman–Crippen MR) is 128 cm³/mol. The van der Waals surface area contributed by atoms with Gasteiger partial charge in [0.25, 0.3) is 5.91 Å². The van der Waals surface area contributed by atoms with Gasteiger partial charge in [-0.3, -0.25) is 10.0 Å². The number of carbonyl (C=O) groups excluding carboxylic acids is 1. The van der Waals surface area contributed by atoms with Crippen LogP contribution in [0.1, 0.15) is 51.0 Å². The fraction of sp³-hybridized carbons (Fsp3) is 0.458. The molecule has 0 aromatic heterocycles. The van der Waals surface area contributed by atoms with E-state index in [9.17, 15) is 18.4 Å². The van der Waals surface area contributed by atoms with Crippen LogP contribution >= 0.6 is 12.4 Å². The highest BCUT2D eigenvalue weighted by Crippen LogP contribution is 2.39. The molecule has 1 heterocycles. The maximum atomic E-state index is 13.5. The van der Waals surface area contributed by atoms with Crippen LogP contribution in [0.2, 0.25) is 0 Å². The first-order chi connectivity index (χ1) is 15.3. The van der Waals surface area contributed by atoms with Crippen molar-refractivity contribution in [1.82, 2.24) is 10.4 Å². The molecule has 0 atom stereocenters. The lowest BCUT2D eigenvalue weighted by Gasteiger charge is -2.39. The van der Waals surface area contributed by atoms with Crippen molar-refractivity contribution < 1.29 is 23.2 Å². The molecule has 0 bridgehead atoms. The molecule has 1 saturated heterocycles. The monoisotopic (exact) mass is 494 g/mol. The number of hydrogen-bond donors (Lipinski definition) is 2. The van der Waals surface area contributed by atoms with Gasteiger partial charge >= 0.3 is 0 Å². The number of sulfone groups is 1. The Hall–Kier alpha value is -2.13. The van der Waals surface area contributed by atoms with Gasteiger partial charge in [-0.05, 0) is 73.6 Å². The molecule has 2 aromatic carbocycles. The summed E-state index contributed by atoms with van der Waals surface area (Å²) in [6.07, 6.45) is 2.54. The minimum Gasteiger partial charge on any atom is -0.457 e. The molecule has 2 N–H and O–H groups in total. The maximum Gasteiger partial charge on any atom is 0.265 e. The third-order valence-electron chi connectivity index (χ3n) is 6.62. The molecule has 2 aliphatic rings. The summed E-state index contributed by atoms with van der Waals surface area (Å²) in [6, 6.07) is 14.4. The van der Waals surface area contributed by atoms with Crippen LogP contribution in [0.15, 0.2) is 53.4 Å². The van der Waals surface area contributed by atoms with Crippen molar-refractivity contribution in [2.45, 2.75) is 61.1 Å². The average molecular weight is 495 g/mol. The van der Waals surface area contributed by atoms with Crippen molar-refractivity contribution in [2.75, 3.05) is 13.1 Å². The summed E-state index contributed by atoms with van der Waals surface area (Å²) in [4.78, 5) is 14.9. The van der Waals surface area contributed by atoms with E-state index in [1.54, 1.807) is 17.6 Å². The van der Waals surface area contributed by atoms with Crippen LogP contribution in [-0.4, -0.2) is 48.3 Å². The van der Waals surface area contributed by atoms with Crippen LogP contribution in [0.5, 0.6) is 11.5 Å². The summed E-state index contributed by atoms with van der Waals surface area (Å²) in [5.41, 5.74) is 2.81. The van der Waals surface area contributed by atoms with E-state index < -0.39 is 20.5 Å². The normalized spacial score (nSPS) is 18.4. The molecule has 2 aromatic rings. The third-order valence-corrected chi connectivity index (χ3v) is 9.13. The number of carbonyl (C=O) groups is 1. The van der Waals surface area contributed by atoms with Crippen LogP contribution in [0.3, 0.4) is 0 Å². The molecule has 1 amide bonds. The standard InChI is InChI=1S/C24H30N2O5S.ClH/c1-17(2)18-3-7-20(8-4-18)31-21-9-11-22(12-10-21)32(29,30)24(23(27)25-28)13-15-26(16-14-24)19-5-6-19;/h3-4,7-12,17,19,28H,5-6,13-16H2,1-2H3,(H,25,27);1H. The van der Waals surface area contributed by atoms with Gasteiger partial charge in [0.15, 0.2) is 14.6 Å². The molecule has 0 spiro atoms. The number of hydrogen-bond acceptors (Lipinski definition) is 6. The molecular weight excluding hydrogens is 464 g/mol. The summed E-state index contributed by atoms with van der Waals surface area (Å²) < 4.78 is 31.3. The summed E-state index contributed by atoms with van der Waals surface area (Å²) in [5, 5.41) is 9.31. The van der Waals surface area contributed by atoms with Gasteiger partial charge in [0.2, 0.25) is 0 Å². The molecule has 2 fully saturated rings. The second-order valence-electron chi connectivity index (χ2n) is 9.00. The molecule has 1 aliphatic heterocycles. The van der Waals surface area contributed by atoms with Crippen LogP contribution in [0.4, 0.5) is 0 Å². The van der Waals surface area contributed by atoms with Gasteiger partial charge in [0.05, 0.1) is 4.90 Å². The molecule has 4 rings (SSSR count). The summed E-state index contributed by atoms with van der Waals surface area (Å²) in [5.74, 6) is 0.727. The van der Waals surface area contributed by atoms with E-state index in [0.717, 1.165) is 12.8 Å². The van der Waals surface area contributed by atoms with Crippen molar-refractivity contribution in [3.63, 3.8) is 0 Å². The lowest BCUT2D eigenvalue weighted by Crippen LogP contribution is -2.58. The number of nitrogens with zero attached hydrogens (tertiary/aromatic N) is 1. The van der Waals surface area contributed by atoms with Crippen LogP contribution in [0.25, 0.3) is 0 Å². The Balaban J connectivity index is 0.00000306. The number of benzene rings is 2. The second kappa shape index (κ2) is 10.0. The fourth-order valence-corrected chi connectivity index (χ4v) is 6.33. The minimum atomic E-state index is -4.02. The van der Waals surface area contributed by atoms with Gasteiger partial charge in [-0.25, -0.2) is 13.9 Å². The Labute approximate surface area is 201 Å². The molecule has 9 heteroatoms. The Bertz CT molecular complexity index is 1060. The number of halogens is 1. The molecule has 0 unspecified atom stereocenters. The summed E-state index contributed by atoms with van der Waals surface area (Å²) in [6.45, 7) is 5.28. The second-order valence-corrected chi connectivity index (χ2v) is 11.3. The van der Waals surface area contributed by atoms with E-state index >= 15 is 0 Å². The van der Waals surface area contributed by atoms with E-state index in [1.807, 2.05) is 24.3 Å². The van der Waals surface area contributed by atoms with Crippen molar-refractivity contribution in [2.24, 2.45) is 0 Å². The van der Waals surface area contributed by atoms with Crippen molar-refractivity contribution in [3.05, 3.63) is 54.1 Å². The maximum absolute atomic E-state index is 13.5. The highest BCUT2D eigenvalue weighted by Gasteiger charge is 2.53. The highest BCUT2D eigenvalue weighted by atomic mass is 35.5. The SMILES string of the molecule is CC(C)c1ccc(Oc2ccc(S(=O)(=O)C3(C(=O)NO)CCN(C4CC4)CC3)cc2)cc1.Cl. The number of nitrogens with one attached hydrogen (secondary N) is 1. The number of ether oxygens (including phenoxy) is 1. The van der Waals surface area contributed by atoms with Crippen molar-refractivity contribution >= 4 is 28.2 Å². The zero-order valence-corrected chi connectivity index (χ0v) is 20.5. The lowest BCUT2D eigenvalue weighted by molar-refractivity contribution is -0.133. The first-order valence-electron chi connectivity index (χ1n) is 11.1. The van der Waals surface area contributed by atoms with Gasteiger partial charge in [-0.15, -0.1) is 12.4 Å². The largest absolute Gasteiger partial charge is 0.457 e. The number of hydroxylamine groups is 1. The molecule has 33 heavy (non-hydrogen) atoms. The molecule has 1 aliphatic carbocycles. The lowest BCUT2D eigenvalue weighted by atomic mass is 9.94. The molecular formula is C24H31ClN2O5S. The summed E-state index contributed by atoms with van der Waals surface area (Å²) >= 11 is 0. The van der Waals surface area contributed by atoms with E-state index in [4.69, 9.17) is 4.74 Å². The third kappa shape index (κ3) is 5.04. The van der Waals surface area contributed by atoms with Gasteiger partial charge < -0.3 is 9.64 Å². The van der Waals surface area contributed by atoms with Gasteiger partial charge in [0, 0.05) is 19.1 Å². The van der Waals surface area contributed by atoms with Gasteiger partial charge in [-0.1, -0.05) is 26.0 Å². The Morgan fingerprint density at radius 2 is 1.55 bits per heavy atom. The Morgan fingerprint density at radius 3 is 2.00 bits per heavy atom. The van der Waals surface area contributed by atoms with Crippen molar-refractivity contribution in [1.29, 1.82) is 0 Å². The van der Waals surface area contributed by atoms with Crippen molar-refractivity contribution in [3.8, 4) is 11.5 Å². The first-order valence-corrected chi connectivity index (χ1v) is 12.6. The fourth-order valence-electron chi connectivity index (χ4n) is 4.38. The van der Waals surface area contributed by atoms with E-state index in [2.05, 4.69) is 18.7 Å². The number of likely N-dealkylation sites (tertiary alicyclic amines) is 1. The van der Waals surface area contributed by atoms with Crippen LogP contribution < -0.4 is 10.2 Å². The molecule has 1 saturated carbocycles. The number of amides is 1. The van der Waals surface area contributed by atoms with Crippen LogP contribution in [-0.2, 0) is 14.6 Å². The topological polar surface area (TPSA) is 95.9 Å². The first kappa shape index (κ1) is 25.5. The van der Waals surface area contributed by atoms with Crippen LogP contribution in [0, 0.1) is 0 Å². The zero-order valence-electron chi connectivity index (χ0n) is 18.9. The van der Waals surface area contributed by atoms with Gasteiger partial charge in [0.1, 0.15) is 11.5 Å². The molecule has 180 valence electrons.